The quantitative estimate of drug-likeness (QED) is 0.662. The first-order valence-electron chi connectivity index (χ1n) is 8.67. The fraction of sp³-hybridized carbons (Fsp3) is 0.389. The zero-order chi connectivity index (χ0) is 17.6. The number of aryl methyl sites for hydroxylation is 1. The summed E-state index contributed by atoms with van der Waals surface area (Å²) in [5.74, 6) is 1.17. The Morgan fingerprint density at radius 3 is 2.60 bits per heavy atom. The highest BCUT2D eigenvalue weighted by molar-refractivity contribution is 5.74. The van der Waals surface area contributed by atoms with E-state index in [4.69, 9.17) is 11.5 Å². The molecule has 0 atom stereocenters. The van der Waals surface area contributed by atoms with Crippen LogP contribution in [0.4, 0.5) is 17.3 Å². The number of nitrogens with two attached hydrogens (primary N) is 2. The molecule has 0 aliphatic heterocycles. The Balaban J connectivity index is 0.000000219. The second-order valence-electron chi connectivity index (χ2n) is 6.42. The number of rotatable bonds is 2. The van der Waals surface area contributed by atoms with Crippen molar-refractivity contribution in [2.24, 2.45) is 5.73 Å². The van der Waals surface area contributed by atoms with Gasteiger partial charge in [0.25, 0.3) is 0 Å². The van der Waals surface area contributed by atoms with Crippen molar-refractivity contribution in [1.82, 2.24) is 19.6 Å². The van der Waals surface area contributed by atoms with Crippen LogP contribution >= 0.6 is 0 Å². The highest BCUT2D eigenvalue weighted by atomic mass is 15.3. The molecule has 0 aromatic carbocycles. The van der Waals surface area contributed by atoms with Crippen LogP contribution in [-0.4, -0.2) is 25.6 Å². The van der Waals surface area contributed by atoms with Crippen LogP contribution in [0.15, 0.2) is 36.8 Å². The Morgan fingerprint density at radius 2 is 1.96 bits per heavy atom. The van der Waals surface area contributed by atoms with Crippen LogP contribution in [0.1, 0.15) is 37.7 Å². The molecular formula is C18H25N7. The Bertz CT molecular complexity index is 804. The fourth-order valence-electron chi connectivity index (χ4n) is 2.84. The first-order valence-corrected chi connectivity index (χ1v) is 8.67. The molecule has 1 aliphatic rings. The number of aromatic nitrogens is 4. The third-order valence-electron chi connectivity index (χ3n) is 4.20. The molecule has 1 fully saturated rings. The summed E-state index contributed by atoms with van der Waals surface area (Å²) in [4.78, 5) is 8.51. The van der Waals surface area contributed by atoms with Crippen molar-refractivity contribution in [2.75, 3.05) is 11.1 Å². The smallest absolute Gasteiger partial charge is 0.177 e. The van der Waals surface area contributed by atoms with Gasteiger partial charge in [-0.2, -0.15) is 0 Å². The normalized spacial score (nSPS) is 14.8. The SMILES string of the molecule is Cc1ccc(Nc2cc(N)nn3ccnc23)nc1.NC1CCCCC1. The molecule has 0 unspecified atom stereocenters. The fourth-order valence-corrected chi connectivity index (χ4v) is 2.84. The van der Waals surface area contributed by atoms with Crippen LogP contribution in [0.3, 0.4) is 0 Å². The van der Waals surface area contributed by atoms with Gasteiger partial charge in [0.15, 0.2) is 5.65 Å². The van der Waals surface area contributed by atoms with Crippen LogP contribution in [0.5, 0.6) is 0 Å². The van der Waals surface area contributed by atoms with Gasteiger partial charge in [-0.25, -0.2) is 14.5 Å². The zero-order valence-corrected chi connectivity index (χ0v) is 14.5. The van der Waals surface area contributed by atoms with Crippen molar-refractivity contribution < 1.29 is 0 Å². The maximum absolute atomic E-state index is 5.74. The van der Waals surface area contributed by atoms with E-state index in [1.54, 1.807) is 29.2 Å². The standard InChI is InChI=1S/C12H12N6.C6H13N/c1-8-2-3-11(15-7-8)16-9-6-10(13)17-18-5-4-14-12(9)18;7-6-4-2-1-3-5-6/h2-7H,1H3,(H2,13,17)(H,15,16);6H,1-5,7H2. The van der Waals surface area contributed by atoms with E-state index in [-0.39, 0.29) is 0 Å². The van der Waals surface area contributed by atoms with E-state index in [2.05, 4.69) is 20.4 Å². The maximum atomic E-state index is 5.74. The van der Waals surface area contributed by atoms with E-state index >= 15 is 0 Å². The van der Waals surface area contributed by atoms with Gasteiger partial charge in [-0.3, -0.25) is 0 Å². The Morgan fingerprint density at radius 1 is 1.16 bits per heavy atom. The minimum atomic E-state index is 0.426. The van der Waals surface area contributed by atoms with Crippen LogP contribution in [0.25, 0.3) is 5.65 Å². The largest absolute Gasteiger partial charge is 0.382 e. The van der Waals surface area contributed by atoms with Gasteiger partial charge < -0.3 is 16.8 Å². The summed E-state index contributed by atoms with van der Waals surface area (Å²) >= 11 is 0. The molecule has 0 saturated heterocycles. The lowest BCUT2D eigenvalue weighted by Gasteiger charge is -2.15. The number of pyridine rings is 1. The molecule has 3 aromatic rings. The van der Waals surface area contributed by atoms with Gasteiger partial charge in [0.2, 0.25) is 0 Å². The maximum Gasteiger partial charge on any atom is 0.177 e. The number of fused-ring (bicyclic) bond motifs is 1. The molecule has 5 N–H and O–H groups in total. The predicted octanol–water partition coefficient (Wildman–Crippen LogP) is 3.04. The van der Waals surface area contributed by atoms with Crippen LogP contribution in [0.2, 0.25) is 0 Å². The average Bonchev–Trinajstić information content (AvgIpc) is 3.07. The van der Waals surface area contributed by atoms with Crippen molar-refractivity contribution in [3.05, 3.63) is 42.4 Å². The van der Waals surface area contributed by atoms with E-state index in [1.807, 2.05) is 19.1 Å². The number of hydrogen-bond donors (Lipinski definition) is 3. The van der Waals surface area contributed by atoms with Crippen molar-refractivity contribution in [3.8, 4) is 0 Å². The van der Waals surface area contributed by atoms with E-state index in [9.17, 15) is 0 Å². The molecule has 3 heterocycles. The van der Waals surface area contributed by atoms with Crippen LogP contribution < -0.4 is 16.8 Å². The summed E-state index contributed by atoms with van der Waals surface area (Å²) in [6.45, 7) is 1.99. The average molecular weight is 339 g/mol. The summed E-state index contributed by atoms with van der Waals surface area (Å²) in [6, 6.07) is 6.17. The summed E-state index contributed by atoms with van der Waals surface area (Å²) in [6.07, 6.45) is 11.9. The number of anilines is 3. The van der Waals surface area contributed by atoms with Gasteiger partial charge >= 0.3 is 0 Å². The van der Waals surface area contributed by atoms with Gasteiger partial charge in [-0.1, -0.05) is 25.3 Å². The number of nitrogen functional groups attached to an aromatic ring is 1. The number of hydrogen-bond acceptors (Lipinski definition) is 6. The summed E-state index contributed by atoms with van der Waals surface area (Å²) < 4.78 is 1.63. The lowest BCUT2D eigenvalue weighted by atomic mass is 9.97. The molecule has 7 heteroatoms. The summed E-state index contributed by atoms with van der Waals surface area (Å²) in [5.41, 5.74) is 14.0. The van der Waals surface area contributed by atoms with Crippen molar-refractivity contribution in [2.45, 2.75) is 45.1 Å². The van der Waals surface area contributed by atoms with Crippen molar-refractivity contribution in [1.29, 1.82) is 0 Å². The molecule has 7 nitrogen and oxygen atoms in total. The van der Waals surface area contributed by atoms with Crippen molar-refractivity contribution in [3.63, 3.8) is 0 Å². The first kappa shape index (κ1) is 17.2. The molecule has 132 valence electrons. The molecule has 1 saturated carbocycles. The number of nitrogens with zero attached hydrogens (tertiary/aromatic N) is 4. The second-order valence-corrected chi connectivity index (χ2v) is 6.42. The predicted molar refractivity (Wildman–Crippen MR) is 101 cm³/mol. The number of imidazole rings is 1. The van der Waals surface area contributed by atoms with Crippen LogP contribution in [-0.2, 0) is 0 Å². The van der Waals surface area contributed by atoms with Gasteiger partial charge in [0.1, 0.15) is 11.6 Å². The molecule has 4 rings (SSSR count). The minimum Gasteiger partial charge on any atom is -0.382 e. The highest BCUT2D eigenvalue weighted by Crippen LogP contribution is 2.20. The zero-order valence-electron chi connectivity index (χ0n) is 14.5. The molecular weight excluding hydrogens is 314 g/mol. The molecule has 0 radical (unpaired) electrons. The lowest BCUT2D eigenvalue weighted by Crippen LogP contribution is -2.22. The lowest BCUT2D eigenvalue weighted by molar-refractivity contribution is 0.441. The molecule has 25 heavy (non-hydrogen) atoms. The molecule has 3 aromatic heterocycles. The Kier molecular flexibility index (Phi) is 5.45. The third-order valence-corrected chi connectivity index (χ3v) is 4.20. The van der Waals surface area contributed by atoms with Gasteiger partial charge in [-0.15, -0.1) is 5.10 Å². The monoisotopic (exact) mass is 339 g/mol. The molecule has 0 spiro atoms. The van der Waals surface area contributed by atoms with E-state index in [1.165, 1.54) is 32.1 Å². The van der Waals surface area contributed by atoms with E-state index < -0.39 is 0 Å². The topological polar surface area (TPSA) is 107 Å². The van der Waals surface area contributed by atoms with Gasteiger partial charge in [0, 0.05) is 30.7 Å². The van der Waals surface area contributed by atoms with Crippen molar-refractivity contribution >= 4 is 23.0 Å². The molecule has 0 amide bonds. The summed E-state index contributed by atoms with van der Waals surface area (Å²) in [7, 11) is 0. The molecule has 1 aliphatic carbocycles. The van der Waals surface area contributed by atoms with E-state index in [0.717, 1.165) is 17.1 Å². The first-order chi connectivity index (χ1) is 12.1. The second kappa shape index (κ2) is 7.94. The Labute approximate surface area is 147 Å². The Hall–Kier alpha value is -2.67. The third kappa shape index (κ3) is 4.67. The van der Waals surface area contributed by atoms with Gasteiger partial charge in [0.05, 0.1) is 5.69 Å². The molecule has 0 bridgehead atoms. The highest BCUT2D eigenvalue weighted by Gasteiger charge is 2.07. The minimum absolute atomic E-state index is 0.426. The summed E-state index contributed by atoms with van der Waals surface area (Å²) in [5, 5.41) is 7.31. The van der Waals surface area contributed by atoms with E-state index in [0.29, 0.717) is 17.5 Å². The van der Waals surface area contributed by atoms with Gasteiger partial charge in [-0.05, 0) is 31.4 Å². The van der Waals surface area contributed by atoms with Crippen LogP contribution in [0, 0.1) is 6.92 Å². The number of nitrogens with one attached hydrogen (secondary N) is 1.